The van der Waals surface area contributed by atoms with Gasteiger partial charge in [-0.3, -0.25) is 4.79 Å². The van der Waals surface area contributed by atoms with E-state index in [0.29, 0.717) is 6.54 Å². The molecule has 20 heavy (non-hydrogen) atoms. The van der Waals surface area contributed by atoms with Gasteiger partial charge in [-0.1, -0.05) is 0 Å². The van der Waals surface area contributed by atoms with Gasteiger partial charge in [0.1, 0.15) is 5.82 Å². The van der Waals surface area contributed by atoms with Crippen molar-refractivity contribution in [3.05, 3.63) is 35.8 Å². The summed E-state index contributed by atoms with van der Waals surface area (Å²) in [5, 5.41) is 0.773. The second-order valence-corrected chi connectivity index (χ2v) is 5.46. The molecule has 106 valence electrons. The number of fused-ring (bicyclic) bond motifs is 1. The van der Waals surface area contributed by atoms with E-state index < -0.39 is 0 Å². The van der Waals surface area contributed by atoms with Gasteiger partial charge >= 0.3 is 0 Å². The van der Waals surface area contributed by atoms with E-state index in [2.05, 4.69) is 4.98 Å². The molecule has 1 saturated heterocycles. The number of nitrogens with two attached hydrogens (primary N) is 1. The Labute approximate surface area is 116 Å². The number of nitrogens with one attached hydrogen (secondary N) is 1. The third-order valence-corrected chi connectivity index (χ3v) is 4.21. The van der Waals surface area contributed by atoms with Crippen LogP contribution in [0.2, 0.25) is 0 Å². The van der Waals surface area contributed by atoms with Crippen molar-refractivity contribution in [3.63, 3.8) is 0 Å². The van der Waals surface area contributed by atoms with Gasteiger partial charge in [-0.05, 0) is 37.1 Å². The quantitative estimate of drug-likeness (QED) is 0.878. The molecule has 2 atom stereocenters. The lowest BCUT2D eigenvalue weighted by Crippen LogP contribution is -2.41. The van der Waals surface area contributed by atoms with Gasteiger partial charge in [-0.15, -0.1) is 0 Å². The molecule has 2 heterocycles. The summed E-state index contributed by atoms with van der Waals surface area (Å²) < 4.78 is 13.3. The minimum Gasteiger partial charge on any atom is -0.361 e. The molecule has 3 rings (SSSR count). The Hall–Kier alpha value is -1.88. The molecule has 0 saturated carbocycles. The molecule has 5 heteroatoms. The molecule has 0 bridgehead atoms. The number of H-pyrrole nitrogens is 1. The number of likely N-dealkylation sites (tertiary alicyclic amines) is 1. The maximum atomic E-state index is 13.3. The predicted molar refractivity (Wildman–Crippen MR) is 75.7 cm³/mol. The summed E-state index contributed by atoms with van der Waals surface area (Å²) in [6.07, 6.45) is 2.90. The molecule has 1 aromatic carbocycles. The molecule has 0 unspecified atom stereocenters. The van der Waals surface area contributed by atoms with Crippen LogP contribution in [0.15, 0.2) is 24.4 Å². The van der Waals surface area contributed by atoms with Crippen molar-refractivity contribution in [2.45, 2.75) is 31.8 Å². The van der Waals surface area contributed by atoms with Crippen LogP contribution in [0.3, 0.4) is 0 Å². The number of rotatable bonds is 2. The summed E-state index contributed by atoms with van der Waals surface area (Å²) in [7, 11) is 0. The number of hydrogen-bond acceptors (Lipinski definition) is 2. The molecule has 1 aliphatic heterocycles. The topological polar surface area (TPSA) is 62.1 Å². The summed E-state index contributed by atoms with van der Waals surface area (Å²) in [5.41, 5.74) is 7.62. The zero-order chi connectivity index (χ0) is 14.3. The number of amides is 1. The van der Waals surface area contributed by atoms with Crippen molar-refractivity contribution in [2.75, 3.05) is 6.54 Å². The van der Waals surface area contributed by atoms with Crippen LogP contribution in [0.4, 0.5) is 4.39 Å². The second-order valence-electron chi connectivity index (χ2n) is 5.46. The highest BCUT2D eigenvalue weighted by Gasteiger charge is 2.31. The second kappa shape index (κ2) is 4.90. The fourth-order valence-electron chi connectivity index (χ4n) is 2.88. The highest BCUT2D eigenvalue weighted by molar-refractivity contribution is 5.89. The standard InChI is InChI=1S/C15H18FN3O/c1-9-13(17)4-5-19(9)15(20)6-10-8-18-14-3-2-11(16)7-12(10)14/h2-3,7-9,13,18H,4-6,17H2,1H3/t9-,13-/m1/s1. The van der Waals surface area contributed by atoms with Gasteiger partial charge < -0.3 is 15.6 Å². The average molecular weight is 275 g/mol. The fraction of sp³-hybridized carbons (Fsp3) is 0.400. The van der Waals surface area contributed by atoms with Crippen LogP contribution in [-0.2, 0) is 11.2 Å². The Balaban J connectivity index is 1.83. The summed E-state index contributed by atoms with van der Waals surface area (Å²) in [6.45, 7) is 2.68. The van der Waals surface area contributed by atoms with Crippen molar-refractivity contribution >= 4 is 16.8 Å². The fourth-order valence-corrected chi connectivity index (χ4v) is 2.88. The molecule has 1 aromatic heterocycles. The maximum Gasteiger partial charge on any atom is 0.227 e. The first kappa shape index (κ1) is 13.1. The van der Waals surface area contributed by atoms with Gasteiger partial charge in [0, 0.05) is 35.7 Å². The highest BCUT2D eigenvalue weighted by atomic mass is 19.1. The van der Waals surface area contributed by atoms with Crippen molar-refractivity contribution in [3.8, 4) is 0 Å². The number of aromatic nitrogens is 1. The third kappa shape index (κ3) is 2.18. The molecule has 4 nitrogen and oxygen atoms in total. The van der Waals surface area contributed by atoms with Gasteiger partial charge in [-0.25, -0.2) is 4.39 Å². The number of nitrogens with zero attached hydrogens (tertiary/aromatic N) is 1. The van der Waals surface area contributed by atoms with E-state index in [0.717, 1.165) is 22.9 Å². The number of halogens is 1. The molecule has 0 radical (unpaired) electrons. The lowest BCUT2D eigenvalue weighted by atomic mass is 10.1. The maximum absolute atomic E-state index is 13.3. The Bertz CT molecular complexity index is 652. The first-order valence-corrected chi connectivity index (χ1v) is 6.87. The predicted octanol–water partition coefficient (Wildman–Crippen LogP) is 1.80. The summed E-state index contributed by atoms with van der Waals surface area (Å²) in [6, 6.07) is 4.69. The molecule has 2 aromatic rings. The smallest absolute Gasteiger partial charge is 0.227 e. The van der Waals surface area contributed by atoms with Crippen molar-refractivity contribution < 1.29 is 9.18 Å². The number of hydrogen-bond donors (Lipinski definition) is 2. The van der Waals surface area contributed by atoms with Gasteiger partial charge in [0.15, 0.2) is 0 Å². The molecular formula is C15H18FN3O. The van der Waals surface area contributed by atoms with Crippen LogP contribution in [0, 0.1) is 5.82 Å². The van der Waals surface area contributed by atoms with Gasteiger partial charge in [0.25, 0.3) is 0 Å². The van der Waals surface area contributed by atoms with E-state index in [1.165, 1.54) is 12.1 Å². The van der Waals surface area contributed by atoms with E-state index in [9.17, 15) is 9.18 Å². The van der Waals surface area contributed by atoms with E-state index in [-0.39, 0.29) is 30.2 Å². The van der Waals surface area contributed by atoms with Crippen LogP contribution in [0.25, 0.3) is 10.9 Å². The number of carbonyl (C=O) groups excluding carboxylic acids is 1. The van der Waals surface area contributed by atoms with Crippen molar-refractivity contribution in [2.24, 2.45) is 5.73 Å². The number of benzene rings is 1. The molecule has 1 aliphatic rings. The zero-order valence-corrected chi connectivity index (χ0v) is 11.4. The van der Waals surface area contributed by atoms with Gasteiger partial charge in [-0.2, -0.15) is 0 Å². The molecule has 0 spiro atoms. The van der Waals surface area contributed by atoms with E-state index in [4.69, 9.17) is 5.73 Å². The van der Waals surface area contributed by atoms with Crippen LogP contribution in [0.1, 0.15) is 18.9 Å². The SMILES string of the molecule is C[C@@H]1[C@H](N)CCN1C(=O)Cc1c[nH]c2ccc(F)cc12. The Morgan fingerprint density at radius 2 is 2.35 bits per heavy atom. The zero-order valence-electron chi connectivity index (χ0n) is 11.4. The molecular weight excluding hydrogens is 257 g/mol. The van der Waals surface area contributed by atoms with Crippen molar-refractivity contribution in [1.82, 2.24) is 9.88 Å². The summed E-state index contributed by atoms with van der Waals surface area (Å²) >= 11 is 0. The third-order valence-electron chi connectivity index (χ3n) is 4.21. The van der Waals surface area contributed by atoms with Gasteiger partial charge in [0.05, 0.1) is 6.42 Å². The lowest BCUT2D eigenvalue weighted by molar-refractivity contribution is -0.131. The van der Waals surface area contributed by atoms with Crippen LogP contribution >= 0.6 is 0 Å². The highest BCUT2D eigenvalue weighted by Crippen LogP contribution is 2.22. The van der Waals surface area contributed by atoms with Crippen LogP contribution < -0.4 is 5.73 Å². The molecule has 3 N–H and O–H groups in total. The minimum atomic E-state index is -0.289. The van der Waals surface area contributed by atoms with Gasteiger partial charge in [0.2, 0.25) is 5.91 Å². The molecule has 1 amide bonds. The summed E-state index contributed by atoms with van der Waals surface area (Å²) in [4.78, 5) is 17.3. The van der Waals surface area contributed by atoms with Crippen LogP contribution in [-0.4, -0.2) is 34.4 Å². The van der Waals surface area contributed by atoms with Crippen molar-refractivity contribution in [1.29, 1.82) is 0 Å². The normalized spacial score (nSPS) is 22.6. The lowest BCUT2D eigenvalue weighted by Gasteiger charge is -2.23. The monoisotopic (exact) mass is 275 g/mol. The molecule has 1 fully saturated rings. The first-order chi connectivity index (χ1) is 9.56. The Kier molecular flexibility index (Phi) is 3.22. The first-order valence-electron chi connectivity index (χ1n) is 6.87. The molecule has 0 aliphatic carbocycles. The van der Waals surface area contributed by atoms with E-state index in [1.54, 1.807) is 12.3 Å². The average Bonchev–Trinajstić information content (AvgIpc) is 2.95. The van der Waals surface area contributed by atoms with E-state index in [1.807, 2.05) is 11.8 Å². The van der Waals surface area contributed by atoms with E-state index >= 15 is 0 Å². The summed E-state index contributed by atoms with van der Waals surface area (Å²) in [5.74, 6) is -0.238. The Morgan fingerprint density at radius 1 is 1.55 bits per heavy atom. The number of aromatic amines is 1. The van der Waals surface area contributed by atoms with Crippen LogP contribution in [0.5, 0.6) is 0 Å². The minimum absolute atomic E-state index is 0.0515. The Morgan fingerprint density at radius 3 is 3.05 bits per heavy atom. The number of carbonyl (C=O) groups is 1. The largest absolute Gasteiger partial charge is 0.361 e.